The number of benzene rings is 1. The zero-order valence-electron chi connectivity index (χ0n) is 13.3. The van der Waals surface area contributed by atoms with E-state index < -0.39 is 0 Å². The number of hydrogen-bond acceptors (Lipinski definition) is 3. The van der Waals surface area contributed by atoms with Gasteiger partial charge in [0, 0.05) is 17.8 Å². The summed E-state index contributed by atoms with van der Waals surface area (Å²) in [6, 6.07) is 13.5. The fourth-order valence-electron chi connectivity index (χ4n) is 2.58. The van der Waals surface area contributed by atoms with E-state index in [9.17, 15) is 4.79 Å². The molecule has 3 aromatic rings. The zero-order chi connectivity index (χ0) is 16.2. The molecule has 0 aliphatic rings. The molecule has 0 unspecified atom stereocenters. The highest BCUT2D eigenvalue weighted by Gasteiger charge is 2.16. The molecule has 0 bridgehead atoms. The first-order chi connectivity index (χ1) is 11.2. The first kappa shape index (κ1) is 15.2. The molecule has 4 heteroatoms. The number of fused-ring (bicyclic) bond motifs is 1. The second kappa shape index (κ2) is 6.57. The number of rotatable bonds is 4. The highest BCUT2D eigenvalue weighted by molar-refractivity contribution is 5.96. The number of hydrogen-bond donors (Lipinski definition) is 1. The number of aryl methyl sites for hydroxylation is 1. The van der Waals surface area contributed by atoms with Gasteiger partial charge in [-0.15, -0.1) is 0 Å². The normalized spacial score (nSPS) is 12.1. The molecule has 4 nitrogen and oxygen atoms in total. The van der Waals surface area contributed by atoms with E-state index >= 15 is 0 Å². The number of amides is 1. The number of nitrogens with one attached hydrogen (secondary N) is 1. The van der Waals surface area contributed by atoms with Crippen molar-refractivity contribution in [2.24, 2.45) is 0 Å². The van der Waals surface area contributed by atoms with Gasteiger partial charge in [-0.3, -0.25) is 14.8 Å². The molecule has 116 valence electrons. The monoisotopic (exact) mass is 305 g/mol. The Morgan fingerprint density at radius 2 is 1.91 bits per heavy atom. The Morgan fingerprint density at radius 1 is 1.13 bits per heavy atom. The van der Waals surface area contributed by atoms with Gasteiger partial charge in [-0.1, -0.05) is 31.2 Å². The molecule has 0 spiro atoms. The van der Waals surface area contributed by atoms with Crippen molar-refractivity contribution in [3.63, 3.8) is 0 Å². The molecule has 1 atom stereocenters. The Morgan fingerprint density at radius 3 is 2.65 bits per heavy atom. The molecule has 3 rings (SSSR count). The molecular formula is C19H19N3O. The van der Waals surface area contributed by atoms with Crippen LogP contribution in [0, 0.1) is 6.92 Å². The molecule has 1 aromatic carbocycles. The quantitative estimate of drug-likeness (QED) is 0.797. The van der Waals surface area contributed by atoms with Gasteiger partial charge < -0.3 is 5.32 Å². The minimum Gasteiger partial charge on any atom is -0.342 e. The van der Waals surface area contributed by atoms with Gasteiger partial charge in [-0.05, 0) is 42.5 Å². The van der Waals surface area contributed by atoms with Crippen LogP contribution in [0.25, 0.3) is 10.8 Å². The lowest BCUT2D eigenvalue weighted by molar-refractivity contribution is 0.0930. The first-order valence-corrected chi connectivity index (χ1v) is 7.75. The van der Waals surface area contributed by atoms with Crippen LogP contribution in [0.4, 0.5) is 0 Å². The van der Waals surface area contributed by atoms with Crippen LogP contribution in [0.2, 0.25) is 0 Å². The lowest BCUT2D eigenvalue weighted by atomic mass is 10.1. The van der Waals surface area contributed by atoms with E-state index in [2.05, 4.69) is 15.3 Å². The summed E-state index contributed by atoms with van der Waals surface area (Å²) < 4.78 is 0. The van der Waals surface area contributed by atoms with Crippen LogP contribution in [-0.4, -0.2) is 15.9 Å². The topological polar surface area (TPSA) is 54.9 Å². The second-order valence-corrected chi connectivity index (χ2v) is 5.61. The van der Waals surface area contributed by atoms with Crippen molar-refractivity contribution in [2.45, 2.75) is 26.3 Å². The van der Waals surface area contributed by atoms with E-state index in [-0.39, 0.29) is 11.9 Å². The molecule has 23 heavy (non-hydrogen) atoms. The Balaban J connectivity index is 1.83. The van der Waals surface area contributed by atoms with Crippen molar-refractivity contribution >= 4 is 16.7 Å². The van der Waals surface area contributed by atoms with Crippen molar-refractivity contribution in [2.75, 3.05) is 0 Å². The van der Waals surface area contributed by atoms with Crippen LogP contribution in [-0.2, 0) is 0 Å². The van der Waals surface area contributed by atoms with Crippen molar-refractivity contribution in [3.05, 3.63) is 71.8 Å². The number of carbonyl (C=O) groups is 1. The molecule has 0 saturated heterocycles. The van der Waals surface area contributed by atoms with E-state index in [4.69, 9.17) is 0 Å². The molecule has 1 N–H and O–H groups in total. The van der Waals surface area contributed by atoms with Gasteiger partial charge in [0.25, 0.3) is 5.91 Å². The van der Waals surface area contributed by atoms with Crippen LogP contribution in [0.15, 0.2) is 54.9 Å². The predicted octanol–water partition coefficient (Wildman–Crippen LogP) is 3.82. The van der Waals surface area contributed by atoms with Crippen molar-refractivity contribution in [1.29, 1.82) is 0 Å². The van der Waals surface area contributed by atoms with Gasteiger partial charge in [0.2, 0.25) is 0 Å². The summed E-state index contributed by atoms with van der Waals surface area (Å²) in [4.78, 5) is 21.2. The summed E-state index contributed by atoms with van der Waals surface area (Å²) in [5, 5.41) is 5.06. The van der Waals surface area contributed by atoms with Crippen LogP contribution in [0.3, 0.4) is 0 Å². The van der Waals surface area contributed by atoms with E-state index in [1.54, 1.807) is 12.4 Å². The predicted molar refractivity (Wildman–Crippen MR) is 91.2 cm³/mol. The van der Waals surface area contributed by atoms with E-state index in [0.717, 1.165) is 28.5 Å². The fourth-order valence-corrected chi connectivity index (χ4v) is 2.58. The van der Waals surface area contributed by atoms with Crippen LogP contribution < -0.4 is 5.32 Å². The maximum absolute atomic E-state index is 12.5. The third-order valence-corrected chi connectivity index (χ3v) is 3.87. The maximum atomic E-state index is 12.5. The lowest BCUT2D eigenvalue weighted by Crippen LogP contribution is -2.29. The SMILES string of the molecule is CC[C@@H](NC(=O)c1cc2ccccc2cn1)c1cc(C)ccn1. The number of pyridine rings is 2. The van der Waals surface area contributed by atoms with Gasteiger partial charge in [0.1, 0.15) is 5.69 Å². The standard InChI is InChI=1S/C19H19N3O/c1-3-16(17-10-13(2)8-9-20-17)22-19(23)18-11-14-6-4-5-7-15(14)12-21-18/h4-12,16H,3H2,1-2H3,(H,22,23)/t16-/m1/s1. The molecule has 0 radical (unpaired) electrons. The zero-order valence-corrected chi connectivity index (χ0v) is 13.3. The van der Waals surface area contributed by atoms with Gasteiger partial charge in [0.05, 0.1) is 11.7 Å². The molecule has 2 heterocycles. The molecule has 2 aromatic heterocycles. The molecule has 0 saturated carbocycles. The molecule has 0 fully saturated rings. The lowest BCUT2D eigenvalue weighted by Gasteiger charge is -2.16. The minimum atomic E-state index is -0.175. The third kappa shape index (κ3) is 3.37. The molecule has 0 aliphatic heterocycles. The second-order valence-electron chi connectivity index (χ2n) is 5.61. The Bertz CT molecular complexity index is 845. The van der Waals surface area contributed by atoms with E-state index in [1.165, 1.54) is 0 Å². The smallest absolute Gasteiger partial charge is 0.270 e. The highest BCUT2D eigenvalue weighted by Crippen LogP contribution is 2.17. The van der Waals surface area contributed by atoms with Gasteiger partial charge in [0.15, 0.2) is 0 Å². The summed E-state index contributed by atoms with van der Waals surface area (Å²) in [6.45, 7) is 4.05. The Kier molecular flexibility index (Phi) is 4.33. The Hall–Kier alpha value is -2.75. The largest absolute Gasteiger partial charge is 0.342 e. The van der Waals surface area contributed by atoms with Crippen molar-refractivity contribution in [3.8, 4) is 0 Å². The van der Waals surface area contributed by atoms with Gasteiger partial charge in [-0.25, -0.2) is 0 Å². The van der Waals surface area contributed by atoms with Gasteiger partial charge >= 0.3 is 0 Å². The molecular weight excluding hydrogens is 286 g/mol. The summed E-state index contributed by atoms with van der Waals surface area (Å²) in [7, 11) is 0. The minimum absolute atomic E-state index is 0.115. The summed E-state index contributed by atoms with van der Waals surface area (Å²) in [5.41, 5.74) is 2.43. The van der Waals surface area contributed by atoms with Crippen LogP contribution in [0.1, 0.15) is 41.1 Å². The first-order valence-electron chi connectivity index (χ1n) is 7.75. The highest BCUT2D eigenvalue weighted by atomic mass is 16.1. The maximum Gasteiger partial charge on any atom is 0.270 e. The summed E-state index contributed by atoms with van der Waals surface area (Å²) >= 11 is 0. The Labute approximate surface area is 135 Å². The fraction of sp³-hybridized carbons (Fsp3) is 0.211. The van der Waals surface area contributed by atoms with Crippen molar-refractivity contribution < 1.29 is 4.79 Å². The summed E-state index contributed by atoms with van der Waals surface area (Å²) in [6.07, 6.45) is 4.28. The number of aromatic nitrogens is 2. The average molecular weight is 305 g/mol. The number of nitrogens with zero attached hydrogens (tertiary/aromatic N) is 2. The van der Waals surface area contributed by atoms with Crippen LogP contribution in [0.5, 0.6) is 0 Å². The average Bonchev–Trinajstić information content (AvgIpc) is 2.59. The van der Waals surface area contributed by atoms with E-state index in [0.29, 0.717) is 5.69 Å². The van der Waals surface area contributed by atoms with Gasteiger partial charge in [-0.2, -0.15) is 0 Å². The number of carbonyl (C=O) groups excluding carboxylic acids is 1. The third-order valence-electron chi connectivity index (χ3n) is 3.87. The van der Waals surface area contributed by atoms with Crippen LogP contribution >= 0.6 is 0 Å². The molecule has 1 amide bonds. The van der Waals surface area contributed by atoms with E-state index in [1.807, 2.05) is 56.3 Å². The summed E-state index contributed by atoms with van der Waals surface area (Å²) in [5.74, 6) is -0.175. The molecule has 0 aliphatic carbocycles. The van der Waals surface area contributed by atoms with Crippen molar-refractivity contribution in [1.82, 2.24) is 15.3 Å².